The minimum absolute atomic E-state index is 0.0995. The van der Waals surface area contributed by atoms with Crippen molar-refractivity contribution in [3.05, 3.63) is 74.8 Å². The standard InChI is InChI=1S/C15H11FN2O2.2C2H6/c1-9-8-10-6-7-17-14(19)13(10)15(20)18(9)12-4-2-11(16)3-5-12;2*1-2/h2-8H,1H3,(H,17,19);2*1-2H3. The van der Waals surface area contributed by atoms with Crippen molar-refractivity contribution in [3.8, 4) is 5.69 Å². The molecule has 3 rings (SSSR count). The number of nitrogens with one attached hydrogen (secondary N) is 1. The maximum Gasteiger partial charge on any atom is 0.268 e. The number of aromatic nitrogens is 2. The fourth-order valence-electron chi connectivity index (χ4n) is 2.31. The molecule has 3 aromatic rings. The van der Waals surface area contributed by atoms with Crippen molar-refractivity contribution >= 4 is 10.8 Å². The van der Waals surface area contributed by atoms with Crippen LogP contribution in [0.2, 0.25) is 0 Å². The summed E-state index contributed by atoms with van der Waals surface area (Å²) in [5.74, 6) is -0.377. The lowest BCUT2D eigenvalue weighted by Crippen LogP contribution is -2.25. The second-order valence-electron chi connectivity index (χ2n) is 4.54. The summed E-state index contributed by atoms with van der Waals surface area (Å²) in [6, 6.07) is 9.01. The number of aromatic amines is 1. The fourth-order valence-corrected chi connectivity index (χ4v) is 2.31. The van der Waals surface area contributed by atoms with Gasteiger partial charge in [0, 0.05) is 17.6 Å². The molecule has 0 amide bonds. The van der Waals surface area contributed by atoms with Gasteiger partial charge >= 0.3 is 0 Å². The Balaban J connectivity index is 0.000000671. The zero-order chi connectivity index (χ0) is 18.3. The van der Waals surface area contributed by atoms with E-state index < -0.39 is 11.1 Å². The van der Waals surface area contributed by atoms with E-state index in [4.69, 9.17) is 0 Å². The highest BCUT2D eigenvalue weighted by Gasteiger charge is 2.10. The molecule has 1 aromatic carbocycles. The van der Waals surface area contributed by atoms with Gasteiger partial charge in [0.1, 0.15) is 11.2 Å². The second kappa shape index (κ2) is 8.82. The van der Waals surface area contributed by atoms with Crippen molar-refractivity contribution in [1.82, 2.24) is 9.55 Å². The Bertz CT molecular complexity index is 909. The molecule has 0 atom stereocenters. The normalized spacial score (nSPS) is 9.58. The van der Waals surface area contributed by atoms with Gasteiger partial charge in [0.05, 0.1) is 0 Å². The Morgan fingerprint density at radius 2 is 1.54 bits per heavy atom. The molecule has 5 heteroatoms. The van der Waals surface area contributed by atoms with Gasteiger partial charge in [-0.2, -0.15) is 0 Å². The molecule has 0 spiro atoms. The van der Waals surface area contributed by atoms with Crippen LogP contribution < -0.4 is 11.1 Å². The predicted octanol–water partition coefficient (Wildman–Crippen LogP) is 4.18. The van der Waals surface area contributed by atoms with E-state index in [1.165, 1.54) is 35.0 Å². The average Bonchev–Trinajstić information content (AvgIpc) is 2.60. The van der Waals surface area contributed by atoms with Crippen LogP contribution in [0.3, 0.4) is 0 Å². The van der Waals surface area contributed by atoms with Gasteiger partial charge < -0.3 is 4.98 Å². The lowest BCUT2D eigenvalue weighted by atomic mass is 10.2. The summed E-state index contributed by atoms with van der Waals surface area (Å²) in [4.78, 5) is 26.8. The maximum absolute atomic E-state index is 13.0. The number of rotatable bonds is 1. The van der Waals surface area contributed by atoms with Crippen LogP contribution >= 0.6 is 0 Å². The highest BCUT2D eigenvalue weighted by Crippen LogP contribution is 2.13. The third kappa shape index (κ3) is 3.79. The van der Waals surface area contributed by atoms with Gasteiger partial charge in [-0.3, -0.25) is 14.2 Å². The Morgan fingerprint density at radius 1 is 0.958 bits per heavy atom. The third-order valence-electron chi connectivity index (χ3n) is 3.21. The van der Waals surface area contributed by atoms with Gasteiger partial charge in [0.2, 0.25) is 0 Å². The van der Waals surface area contributed by atoms with Gasteiger partial charge in [-0.15, -0.1) is 0 Å². The molecule has 0 aliphatic carbocycles. The van der Waals surface area contributed by atoms with Crippen LogP contribution in [0.4, 0.5) is 4.39 Å². The first-order valence-corrected chi connectivity index (χ1v) is 8.08. The number of hydrogen-bond acceptors (Lipinski definition) is 2. The number of hydrogen-bond donors (Lipinski definition) is 1. The SMILES string of the molecule is CC.CC.Cc1cc2cc[nH]c(=O)c2c(=O)n1-c1ccc(F)cc1. The molecular formula is C19H23FN2O2. The number of nitrogens with zero attached hydrogens (tertiary/aromatic N) is 1. The van der Waals surface area contributed by atoms with Crippen LogP contribution in [0, 0.1) is 12.7 Å². The number of pyridine rings is 2. The van der Waals surface area contributed by atoms with Crippen LogP contribution in [0.5, 0.6) is 0 Å². The van der Waals surface area contributed by atoms with Crippen LogP contribution in [0.1, 0.15) is 33.4 Å². The molecule has 0 saturated heterocycles. The Labute approximate surface area is 140 Å². The Hall–Kier alpha value is -2.69. The summed E-state index contributed by atoms with van der Waals surface area (Å²) < 4.78 is 14.4. The molecule has 0 radical (unpaired) electrons. The quantitative estimate of drug-likeness (QED) is 0.728. The molecule has 4 nitrogen and oxygen atoms in total. The summed E-state index contributed by atoms with van der Waals surface area (Å²) in [7, 11) is 0. The topological polar surface area (TPSA) is 54.9 Å². The zero-order valence-corrected chi connectivity index (χ0v) is 14.7. The van der Waals surface area contributed by atoms with Crippen molar-refractivity contribution in [2.24, 2.45) is 0 Å². The first-order valence-electron chi connectivity index (χ1n) is 8.08. The first kappa shape index (κ1) is 19.4. The first-order chi connectivity index (χ1) is 11.6. The van der Waals surface area contributed by atoms with Crippen molar-refractivity contribution in [1.29, 1.82) is 0 Å². The van der Waals surface area contributed by atoms with Crippen molar-refractivity contribution in [2.45, 2.75) is 34.6 Å². The number of halogens is 1. The highest BCUT2D eigenvalue weighted by molar-refractivity contribution is 5.81. The lowest BCUT2D eigenvalue weighted by molar-refractivity contribution is 0.627. The van der Waals surface area contributed by atoms with Gasteiger partial charge in [0.25, 0.3) is 11.1 Å². The van der Waals surface area contributed by atoms with Crippen molar-refractivity contribution < 1.29 is 4.39 Å². The largest absolute Gasteiger partial charge is 0.328 e. The Morgan fingerprint density at radius 3 is 2.12 bits per heavy atom. The molecule has 24 heavy (non-hydrogen) atoms. The van der Waals surface area contributed by atoms with Gasteiger partial charge in [-0.25, -0.2) is 4.39 Å². The monoisotopic (exact) mass is 330 g/mol. The van der Waals surface area contributed by atoms with E-state index in [-0.39, 0.29) is 11.2 Å². The van der Waals surface area contributed by atoms with Crippen molar-refractivity contribution in [3.63, 3.8) is 0 Å². The molecule has 0 unspecified atom stereocenters. The number of fused-ring (bicyclic) bond motifs is 1. The molecule has 1 N–H and O–H groups in total. The lowest BCUT2D eigenvalue weighted by Gasteiger charge is -2.11. The highest BCUT2D eigenvalue weighted by atomic mass is 19.1. The summed E-state index contributed by atoms with van der Waals surface area (Å²) >= 11 is 0. The number of aryl methyl sites for hydroxylation is 1. The van der Waals surface area contributed by atoms with Gasteiger partial charge in [-0.1, -0.05) is 27.7 Å². The molecule has 0 fully saturated rings. The average molecular weight is 330 g/mol. The van der Waals surface area contributed by atoms with E-state index in [0.29, 0.717) is 16.8 Å². The Kier molecular flexibility index (Phi) is 7.11. The van der Waals surface area contributed by atoms with E-state index >= 15 is 0 Å². The van der Waals surface area contributed by atoms with E-state index in [2.05, 4.69) is 4.98 Å². The summed E-state index contributed by atoms with van der Waals surface area (Å²) in [5.41, 5.74) is 0.371. The number of H-pyrrole nitrogens is 1. The second-order valence-corrected chi connectivity index (χ2v) is 4.54. The van der Waals surface area contributed by atoms with Crippen LogP contribution in [0.25, 0.3) is 16.5 Å². The predicted molar refractivity (Wildman–Crippen MR) is 97.6 cm³/mol. The van der Waals surface area contributed by atoms with Gasteiger partial charge in [-0.05, 0) is 48.7 Å². The van der Waals surface area contributed by atoms with Crippen LogP contribution in [-0.2, 0) is 0 Å². The smallest absolute Gasteiger partial charge is 0.268 e. The summed E-state index contributed by atoms with van der Waals surface area (Å²) in [6.07, 6.45) is 1.51. The molecular weight excluding hydrogens is 307 g/mol. The summed E-state index contributed by atoms with van der Waals surface area (Å²) in [5, 5.41) is 0.692. The molecule has 2 aromatic heterocycles. The minimum atomic E-state index is -0.427. The van der Waals surface area contributed by atoms with E-state index in [0.717, 1.165) is 0 Å². The van der Waals surface area contributed by atoms with Crippen LogP contribution in [-0.4, -0.2) is 9.55 Å². The summed E-state index contributed by atoms with van der Waals surface area (Å²) in [6.45, 7) is 9.77. The van der Waals surface area contributed by atoms with E-state index in [1.807, 2.05) is 27.7 Å². The molecule has 128 valence electrons. The van der Waals surface area contributed by atoms with Crippen LogP contribution in [0.15, 0.2) is 52.2 Å². The fraction of sp³-hybridized carbons (Fsp3) is 0.263. The molecule has 0 saturated carbocycles. The van der Waals surface area contributed by atoms with E-state index in [9.17, 15) is 14.0 Å². The van der Waals surface area contributed by atoms with Gasteiger partial charge in [0.15, 0.2) is 0 Å². The number of benzene rings is 1. The minimum Gasteiger partial charge on any atom is -0.328 e. The molecule has 0 aliphatic rings. The molecule has 0 bridgehead atoms. The van der Waals surface area contributed by atoms with Crippen molar-refractivity contribution in [2.75, 3.05) is 0 Å². The zero-order valence-electron chi connectivity index (χ0n) is 14.7. The van der Waals surface area contributed by atoms with E-state index in [1.54, 1.807) is 19.1 Å². The third-order valence-corrected chi connectivity index (χ3v) is 3.21. The maximum atomic E-state index is 13.0. The molecule has 2 heterocycles. The molecule has 0 aliphatic heterocycles.